The Morgan fingerprint density at radius 2 is 0.483 bits per heavy atom. The molecule has 25 aromatic rings. The molecule has 118 heavy (non-hydrogen) atoms. The fourth-order valence-corrected chi connectivity index (χ4v) is 26.5. The summed E-state index contributed by atoms with van der Waals surface area (Å²) in [6.07, 6.45) is 6.09. The molecule has 0 bridgehead atoms. The van der Waals surface area contributed by atoms with Crippen LogP contribution in [0.1, 0.15) is 0 Å². The van der Waals surface area contributed by atoms with Crippen molar-refractivity contribution in [2.24, 2.45) is 0 Å². The normalized spacial score (nSPS) is 11.9. The Labute approximate surface area is 692 Å². The predicted octanol–water partition coefficient (Wildman–Crippen LogP) is 27.5. The standard InChI is InChI=1S/C39H27NSSi.C37H22N2S.C33H20N2S/c1-4-12-30(13-5-1)42(31-14-6-2-7-15-31,32-16-8-3-9-17-32)33-23-20-28(21-24-33)29-22-25-34-36(26-29)40-27-38-39(34)35-18-10-11-19-37(35)41-38;1-2-8-25-21-34-31(19-24(25)7-1)28-9-3-5-11-33(28)39(34)27-16-13-23(14-17-27)26-15-18-29-32(20-26)38-22-36-37(29)30-10-4-6-12-35(30)40-36;1-4-10-29-24(7-1)25-8-2-5-11-30(25)35(29)23-16-13-21(14-17-23)22-15-18-26-28(19-22)34-20-32-33(26)27-9-3-6-12-31(27)36-32/h1-27H;1-22H;1-20H. The van der Waals surface area contributed by atoms with E-state index in [1.807, 2.05) is 52.6 Å². The van der Waals surface area contributed by atoms with Crippen molar-refractivity contribution in [3.63, 3.8) is 0 Å². The third kappa shape index (κ3) is 11.6. The van der Waals surface area contributed by atoms with Gasteiger partial charge in [0.2, 0.25) is 0 Å². The molecule has 8 aromatic heterocycles. The van der Waals surface area contributed by atoms with Crippen LogP contribution in [-0.4, -0.2) is 32.2 Å². The van der Waals surface area contributed by atoms with E-state index in [4.69, 9.17) is 15.0 Å². The summed E-state index contributed by atoms with van der Waals surface area (Å²) in [4.78, 5) is 14.6. The van der Waals surface area contributed by atoms with E-state index in [0.29, 0.717) is 0 Å². The third-order valence-corrected chi connectivity index (χ3v) is 32.1. The zero-order valence-corrected chi connectivity index (χ0v) is 67.2. The number of thiophene rings is 3. The monoisotopic (exact) mass is 1570 g/mol. The predicted molar refractivity (Wildman–Crippen MR) is 510 cm³/mol. The number of hydrogen-bond acceptors (Lipinski definition) is 6. The zero-order chi connectivity index (χ0) is 77.8. The molecular weight excluding hydrogens is 1500 g/mol. The largest absolute Gasteiger partial charge is 0.309 e. The summed E-state index contributed by atoms with van der Waals surface area (Å²) in [6.45, 7) is 0. The second-order valence-corrected chi connectivity index (χ2v) is 37.5. The molecule has 0 saturated heterocycles. The van der Waals surface area contributed by atoms with Crippen LogP contribution in [0.2, 0.25) is 0 Å². The van der Waals surface area contributed by atoms with E-state index in [9.17, 15) is 0 Å². The van der Waals surface area contributed by atoms with Gasteiger partial charge in [-0.05, 0) is 156 Å². The minimum atomic E-state index is -2.53. The lowest BCUT2D eigenvalue weighted by Gasteiger charge is -2.34. The Morgan fingerprint density at radius 3 is 0.864 bits per heavy atom. The van der Waals surface area contributed by atoms with Gasteiger partial charge in [-0.1, -0.05) is 309 Å². The Hall–Kier alpha value is -14.3. The van der Waals surface area contributed by atoms with Crippen LogP contribution in [0.3, 0.4) is 0 Å². The quantitative estimate of drug-likeness (QED) is 0.107. The Bertz CT molecular complexity index is 8080. The first-order valence-electron chi connectivity index (χ1n) is 40.0. The zero-order valence-electron chi connectivity index (χ0n) is 63.8. The second kappa shape index (κ2) is 28.6. The van der Waals surface area contributed by atoms with Crippen LogP contribution in [-0.2, 0) is 0 Å². The van der Waals surface area contributed by atoms with Crippen molar-refractivity contribution in [2.75, 3.05) is 0 Å². The highest BCUT2D eigenvalue weighted by atomic mass is 32.1. The number of fused-ring (bicyclic) bond motifs is 22. The molecule has 25 rings (SSSR count). The maximum absolute atomic E-state index is 4.88. The highest BCUT2D eigenvalue weighted by Crippen LogP contribution is 2.44. The Kier molecular flexibility index (Phi) is 16.8. The summed E-state index contributed by atoms with van der Waals surface area (Å²) in [5, 5.41) is 24.7. The van der Waals surface area contributed by atoms with Gasteiger partial charge in [-0.2, -0.15) is 0 Å². The topological polar surface area (TPSA) is 48.5 Å². The van der Waals surface area contributed by atoms with Crippen molar-refractivity contribution >= 4 is 210 Å². The van der Waals surface area contributed by atoms with E-state index in [2.05, 4.69) is 410 Å². The maximum atomic E-state index is 4.88. The second-order valence-electron chi connectivity index (χ2n) is 30.4. The summed E-state index contributed by atoms with van der Waals surface area (Å²) >= 11 is 5.44. The van der Waals surface area contributed by atoms with Gasteiger partial charge in [0.05, 0.1) is 52.7 Å². The number of rotatable bonds is 9. The van der Waals surface area contributed by atoms with Gasteiger partial charge in [-0.25, -0.2) is 0 Å². The number of pyridine rings is 3. The fourth-order valence-electron chi connectivity index (χ4n) is 18.5. The lowest BCUT2D eigenvalue weighted by atomic mass is 10.0. The van der Waals surface area contributed by atoms with Crippen LogP contribution in [0, 0.1) is 0 Å². The molecule has 17 aromatic carbocycles. The van der Waals surface area contributed by atoms with Crippen molar-refractivity contribution in [1.82, 2.24) is 24.1 Å². The molecule has 552 valence electrons. The number of aromatic nitrogens is 5. The van der Waals surface area contributed by atoms with Gasteiger partial charge in [0.1, 0.15) is 0 Å². The van der Waals surface area contributed by atoms with Crippen molar-refractivity contribution in [3.8, 4) is 44.8 Å². The molecule has 0 N–H and O–H groups in total. The minimum Gasteiger partial charge on any atom is -0.309 e. The highest BCUT2D eigenvalue weighted by molar-refractivity contribution is 7.27. The molecule has 9 heteroatoms. The van der Waals surface area contributed by atoms with Crippen LogP contribution < -0.4 is 20.7 Å². The van der Waals surface area contributed by atoms with Gasteiger partial charge in [-0.3, -0.25) is 15.0 Å². The van der Waals surface area contributed by atoms with Gasteiger partial charge in [0.15, 0.2) is 8.07 Å². The van der Waals surface area contributed by atoms with Crippen molar-refractivity contribution in [3.05, 3.63) is 419 Å². The first-order chi connectivity index (χ1) is 58.5. The molecule has 8 heterocycles. The SMILES string of the molecule is c1ccc([Si](c2ccccc2)(c2ccccc2)c2ccc(-c3ccc4c(c3)ncc3sc5ccccc5c34)cc2)cc1.c1ccc2c(c1)sc1cnc3cc(-c4ccc(-n5c6ccccc6c6ccccc65)cc4)ccc3c12.c1ccc2cc3c(cc2c1)c1ccccc1n3-c1ccc(-c2ccc3c(c2)ncc2sc4ccccc4c23)cc1. The number of benzene rings is 17. The first kappa shape index (κ1) is 69.2. The van der Waals surface area contributed by atoms with E-state index in [-0.39, 0.29) is 0 Å². The minimum absolute atomic E-state index is 1.03. The number of hydrogen-bond donors (Lipinski definition) is 0. The van der Waals surface area contributed by atoms with Gasteiger partial charge in [0.25, 0.3) is 0 Å². The lowest BCUT2D eigenvalue weighted by molar-refractivity contribution is 1.18. The van der Waals surface area contributed by atoms with Gasteiger partial charge in [0, 0.05) is 114 Å². The van der Waals surface area contributed by atoms with Crippen molar-refractivity contribution in [2.45, 2.75) is 0 Å². The number of para-hydroxylation sites is 3. The molecule has 0 radical (unpaired) electrons. The van der Waals surface area contributed by atoms with E-state index >= 15 is 0 Å². The van der Waals surface area contributed by atoms with Gasteiger partial charge in [-0.15, -0.1) is 34.0 Å². The fraction of sp³-hybridized carbons (Fsp3) is 0. The third-order valence-electron chi connectivity index (χ3n) is 23.9. The molecule has 5 nitrogen and oxygen atoms in total. The van der Waals surface area contributed by atoms with Gasteiger partial charge >= 0.3 is 0 Å². The summed E-state index contributed by atoms with van der Waals surface area (Å²) in [6, 6.07) is 146. The van der Waals surface area contributed by atoms with Crippen LogP contribution in [0.15, 0.2) is 419 Å². The van der Waals surface area contributed by atoms with E-state index in [1.54, 1.807) is 0 Å². The van der Waals surface area contributed by atoms with E-state index < -0.39 is 8.07 Å². The molecule has 0 amide bonds. The molecule has 0 aliphatic carbocycles. The summed E-state index contributed by atoms with van der Waals surface area (Å²) in [5.74, 6) is 0. The molecular formula is C109H69N5S3Si. The molecule has 0 atom stereocenters. The van der Waals surface area contributed by atoms with Gasteiger partial charge < -0.3 is 9.13 Å². The van der Waals surface area contributed by atoms with Crippen molar-refractivity contribution < 1.29 is 0 Å². The van der Waals surface area contributed by atoms with E-state index in [0.717, 1.165) is 22.2 Å². The average molecular weight is 1570 g/mol. The summed E-state index contributed by atoms with van der Waals surface area (Å²) < 4.78 is 12.4. The first-order valence-corrected chi connectivity index (χ1v) is 44.4. The smallest absolute Gasteiger partial charge is 0.179 e. The maximum Gasteiger partial charge on any atom is 0.179 e. The van der Waals surface area contributed by atoms with Crippen LogP contribution in [0.5, 0.6) is 0 Å². The lowest BCUT2D eigenvalue weighted by Crippen LogP contribution is -2.74. The summed E-state index contributed by atoms with van der Waals surface area (Å²) in [5.41, 5.74) is 17.5. The van der Waals surface area contributed by atoms with Crippen LogP contribution in [0.25, 0.3) is 192 Å². The molecule has 0 unspecified atom stereocenters. The number of nitrogens with zero attached hydrogens (tertiary/aromatic N) is 5. The van der Waals surface area contributed by atoms with Crippen LogP contribution >= 0.6 is 34.0 Å². The molecule has 0 aliphatic heterocycles. The Balaban J connectivity index is 0.000000104. The molecule has 0 aliphatic rings. The molecule has 0 fully saturated rings. The van der Waals surface area contributed by atoms with Crippen molar-refractivity contribution in [1.29, 1.82) is 0 Å². The van der Waals surface area contributed by atoms with E-state index in [1.165, 1.54) is 191 Å². The highest BCUT2D eigenvalue weighted by Gasteiger charge is 2.41. The summed E-state index contributed by atoms with van der Waals surface area (Å²) in [7, 11) is -2.53. The molecule has 0 spiro atoms. The average Bonchev–Trinajstić information content (AvgIpc) is 0.901. The Morgan fingerprint density at radius 1 is 0.195 bits per heavy atom. The molecule has 0 saturated carbocycles. The van der Waals surface area contributed by atoms with Crippen LogP contribution in [0.4, 0.5) is 0 Å².